The zero-order valence-electron chi connectivity index (χ0n) is 19.6. The number of hydrogen-bond acceptors (Lipinski definition) is 5. The van der Waals surface area contributed by atoms with Crippen molar-refractivity contribution in [2.45, 2.75) is 18.4 Å². The van der Waals surface area contributed by atoms with Crippen LogP contribution in [0.1, 0.15) is 21.5 Å². The zero-order chi connectivity index (χ0) is 24.2. The van der Waals surface area contributed by atoms with Crippen molar-refractivity contribution in [2.24, 2.45) is 0 Å². The summed E-state index contributed by atoms with van der Waals surface area (Å²) >= 11 is 1.52. The van der Waals surface area contributed by atoms with Crippen molar-refractivity contribution in [3.63, 3.8) is 0 Å². The van der Waals surface area contributed by atoms with E-state index < -0.39 is 0 Å². The molecule has 3 aromatic carbocycles. The fourth-order valence-electron chi connectivity index (χ4n) is 4.34. The molecule has 1 aliphatic heterocycles. The lowest BCUT2D eigenvalue weighted by Crippen LogP contribution is -2.48. The molecule has 0 radical (unpaired) electrons. The van der Waals surface area contributed by atoms with Crippen molar-refractivity contribution < 1.29 is 9.18 Å². The first kappa shape index (κ1) is 23.3. The van der Waals surface area contributed by atoms with Gasteiger partial charge in [0, 0.05) is 61.1 Å². The number of piperazine rings is 1. The lowest BCUT2D eigenvalue weighted by Gasteiger charge is -2.35. The summed E-state index contributed by atoms with van der Waals surface area (Å²) in [4.78, 5) is 22.8. The Morgan fingerprint density at radius 3 is 2.60 bits per heavy atom. The molecule has 1 aliphatic rings. The molecule has 5 rings (SSSR count). The number of aromatic nitrogens is 1. The van der Waals surface area contributed by atoms with Crippen LogP contribution >= 0.6 is 11.9 Å². The zero-order valence-corrected chi connectivity index (χ0v) is 20.4. The molecule has 0 aliphatic carbocycles. The molecule has 35 heavy (non-hydrogen) atoms. The molecule has 1 amide bonds. The number of para-hydroxylation sites is 1. The van der Waals surface area contributed by atoms with Crippen molar-refractivity contribution in [1.82, 2.24) is 14.8 Å². The van der Waals surface area contributed by atoms with Crippen LogP contribution in [-0.2, 0) is 6.54 Å². The third-order valence-corrected chi connectivity index (χ3v) is 7.22. The van der Waals surface area contributed by atoms with Gasteiger partial charge in [0.2, 0.25) is 0 Å². The van der Waals surface area contributed by atoms with Crippen LogP contribution in [0.5, 0.6) is 0 Å². The first-order valence-corrected chi connectivity index (χ1v) is 12.5. The minimum atomic E-state index is -0.176. The maximum absolute atomic E-state index is 14.0. The Morgan fingerprint density at radius 2 is 1.80 bits per heavy atom. The van der Waals surface area contributed by atoms with E-state index in [0.717, 1.165) is 40.1 Å². The van der Waals surface area contributed by atoms with E-state index in [-0.39, 0.29) is 11.7 Å². The number of benzene rings is 3. The van der Waals surface area contributed by atoms with Crippen LogP contribution < -0.4 is 4.72 Å². The van der Waals surface area contributed by atoms with Gasteiger partial charge in [-0.2, -0.15) is 0 Å². The van der Waals surface area contributed by atoms with E-state index in [0.29, 0.717) is 30.8 Å². The van der Waals surface area contributed by atoms with E-state index in [4.69, 9.17) is 0 Å². The Bertz CT molecular complexity index is 1350. The average Bonchev–Trinajstić information content (AvgIpc) is 2.89. The van der Waals surface area contributed by atoms with Crippen molar-refractivity contribution in [3.05, 3.63) is 102 Å². The number of carbonyl (C=O) groups excluding carboxylic acids is 1. The fourth-order valence-corrected chi connectivity index (χ4v) is 5.20. The molecule has 2 heterocycles. The van der Waals surface area contributed by atoms with Gasteiger partial charge in [0.15, 0.2) is 0 Å². The van der Waals surface area contributed by atoms with Gasteiger partial charge in [-0.05, 0) is 60.8 Å². The van der Waals surface area contributed by atoms with Gasteiger partial charge in [-0.15, -0.1) is 0 Å². The molecule has 0 spiro atoms. The highest BCUT2D eigenvalue weighted by atomic mass is 32.2. The number of halogens is 1. The minimum Gasteiger partial charge on any atom is -0.336 e. The standard InChI is InChI=1S/C28H27FN4OS/c1-20-18-22(11-12-25(20)31-35-26-10-4-7-21-8-5-13-30-27(21)26)28(34)33-16-14-32(15-17-33)19-23-6-2-3-9-24(23)29/h2-13,18,31H,14-17,19H2,1H3. The summed E-state index contributed by atoms with van der Waals surface area (Å²) < 4.78 is 17.4. The number of rotatable bonds is 6. The topological polar surface area (TPSA) is 48.5 Å². The number of amides is 1. The van der Waals surface area contributed by atoms with Crippen LogP contribution in [0.3, 0.4) is 0 Å². The van der Waals surface area contributed by atoms with Crippen molar-refractivity contribution in [3.8, 4) is 0 Å². The first-order chi connectivity index (χ1) is 17.1. The van der Waals surface area contributed by atoms with E-state index >= 15 is 0 Å². The summed E-state index contributed by atoms with van der Waals surface area (Å²) in [5.74, 6) is -0.138. The Kier molecular flexibility index (Phi) is 6.97. The molecule has 0 bridgehead atoms. The van der Waals surface area contributed by atoms with E-state index in [2.05, 4.69) is 26.7 Å². The third-order valence-electron chi connectivity index (χ3n) is 6.35. The molecule has 0 atom stereocenters. The molecule has 1 fully saturated rings. The number of pyridine rings is 1. The summed E-state index contributed by atoms with van der Waals surface area (Å²) in [5, 5.41) is 1.10. The Hall–Kier alpha value is -3.42. The molecule has 0 saturated carbocycles. The maximum Gasteiger partial charge on any atom is 0.253 e. The van der Waals surface area contributed by atoms with Gasteiger partial charge in [-0.25, -0.2) is 4.39 Å². The normalized spacial score (nSPS) is 14.3. The molecule has 7 heteroatoms. The van der Waals surface area contributed by atoms with Gasteiger partial charge in [0.25, 0.3) is 5.91 Å². The van der Waals surface area contributed by atoms with Crippen LogP contribution in [0.15, 0.2) is 83.9 Å². The molecule has 1 saturated heterocycles. The number of hydrogen-bond donors (Lipinski definition) is 1. The van der Waals surface area contributed by atoms with Crippen molar-refractivity contribution in [2.75, 3.05) is 30.9 Å². The summed E-state index contributed by atoms with van der Waals surface area (Å²) in [6.45, 7) is 5.31. The molecule has 5 nitrogen and oxygen atoms in total. The summed E-state index contributed by atoms with van der Waals surface area (Å²) in [5.41, 5.74) is 4.32. The second-order valence-corrected chi connectivity index (χ2v) is 9.57. The maximum atomic E-state index is 14.0. The second-order valence-electron chi connectivity index (χ2n) is 8.72. The molecule has 0 unspecified atom stereocenters. The number of carbonyl (C=O) groups is 1. The largest absolute Gasteiger partial charge is 0.336 e. The lowest BCUT2D eigenvalue weighted by atomic mass is 10.1. The average molecular weight is 487 g/mol. The monoisotopic (exact) mass is 486 g/mol. The summed E-state index contributed by atoms with van der Waals surface area (Å²) in [6.07, 6.45) is 1.80. The van der Waals surface area contributed by atoms with Crippen LogP contribution in [-0.4, -0.2) is 46.9 Å². The van der Waals surface area contributed by atoms with Crippen molar-refractivity contribution >= 4 is 34.4 Å². The number of anilines is 1. The van der Waals surface area contributed by atoms with Crippen LogP contribution in [0.4, 0.5) is 10.1 Å². The van der Waals surface area contributed by atoms with Crippen LogP contribution in [0, 0.1) is 12.7 Å². The van der Waals surface area contributed by atoms with Crippen LogP contribution in [0.2, 0.25) is 0 Å². The smallest absolute Gasteiger partial charge is 0.253 e. The first-order valence-electron chi connectivity index (χ1n) is 11.7. The highest BCUT2D eigenvalue weighted by Crippen LogP contribution is 2.29. The molecular weight excluding hydrogens is 459 g/mol. The predicted octanol–water partition coefficient (Wildman–Crippen LogP) is 5.76. The van der Waals surface area contributed by atoms with E-state index in [9.17, 15) is 9.18 Å². The molecule has 1 N–H and O–H groups in total. The number of nitrogens with zero attached hydrogens (tertiary/aromatic N) is 3. The minimum absolute atomic E-state index is 0.0381. The van der Waals surface area contributed by atoms with E-state index in [1.54, 1.807) is 12.3 Å². The predicted molar refractivity (Wildman–Crippen MR) is 140 cm³/mol. The van der Waals surface area contributed by atoms with Gasteiger partial charge in [0.1, 0.15) is 5.82 Å². The second kappa shape index (κ2) is 10.5. The fraction of sp³-hybridized carbons (Fsp3) is 0.214. The molecule has 1 aromatic heterocycles. The van der Waals surface area contributed by atoms with E-state index in [1.807, 2.05) is 60.4 Å². The van der Waals surface area contributed by atoms with Crippen LogP contribution in [0.25, 0.3) is 10.9 Å². The van der Waals surface area contributed by atoms with Crippen molar-refractivity contribution in [1.29, 1.82) is 0 Å². The molecule has 178 valence electrons. The van der Waals surface area contributed by atoms with Gasteiger partial charge < -0.3 is 9.62 Å². The Labute approximate surface area is 209 Å². The van der Waals surface area contributed by atoms with Gasteiger partial charge >= 0.3 is 0 Å². The van der Waals surface area contributed by atoms with Gasteiger partial charge in [0.05, 0.1) is 10.4 Å². The lowest BCUT2D eigenvalue weighted by molar-refractivity contribution is 0.0627. The SMILES string of the molecule is Cc1cc(C(=O)N2CCN(Cc3ccccc3F)CC2)ccc1NSc1cccc2cccnc12. The quantitative estimate of drug-likeness (QED) is 0.351. The highest BCUT2D eigenvalue weighted by Gasteiger charge is 2.23. The van der Waals surface area contributed by atoms with E-state index in [1.165, 1.54) is 18.0 Å². The molecular formula is C28H27FN4OS. The third kappa shape index (κ3) is 5.31. The number of fused-ring (bicyclic) bond motifs is 1. The Balaban J connectivity index is 1.19. The highest BCUT2D eigenvalue weighted by molar-refractivity contribution is 8.00. The Morgan fingerprint density at radius 1 is 1.00 bits per heavy atom. The number of nitrogens with one attached hydrogen (secondary N) is 1. The summed E-state index contributed by atoms with van der Waals surface area (Å²) in [7, 11) is 0. The van der Waals surface area contributed by atoms with Gasteiger partial charge in [-0.3, -0.25) is 14.7 Å². The van der Waals surface area contributed by atoms with Gasteiger partial charge in [-0.1, -0.05) is 36.4 Å². The molecule has 4 aromatic rings. The summed E-state index contributed by atoms with van der Waals surface area (Å²) in [6, 6.07) is 22.8. The number of aryl methyl sites for hydroxylation is 1.